The molecule has 1 aromatic heterocycles. The maximum absolute atomic E-state index is 10.7. The van der Waals surface area contributed by atoms with Crippen LogP contribution in [0.4, 0.5) is 5.00 Å². The predicted octanol–water partition coefficient (Wildman–Crippen LogP) is 2.69. The van der Waals surface area contributed by atoms with Gasteiger partial charge in [0.05, 0.1) is 8.79 Å². The topological polar surface area (TPSA) is 29.1 Å². The summed E-state index contributed by atoms with van der Waals surface area (Å²) >= 11 is 10.0. The van der Waals surface area contributed by atoms with Gasteiger partial charge in [-0.15, -0.1) is 22.9 Å². The summed E-state index contributed by atoms with van der Waals surface area (Å²) in [5.41, 5.74) is 0. The monoisotopic (exact) mass is 253 g/mol. The first-order valence-electron chi connectivity index (χ1n) is 2.83. The fourth-order valence-electron chi connectivity index (χ4n) is 0.552. The Morgan fingerprint density at radius 1 is 1.73 bits per heavy atom. The second kappa shape index (κ2) is 4.09. The van der Waals surface area contributed by atoms with Crippen molar-refractivity contribution in [2.24, 2.45) is 0 Å². The first-order valence-corrected chi connectivity index (χ1v) is 4.98. The number of hydrogen-bond donors (Lipinski definition) is 1. The highest BCUT2D eigenvalue weighted by Gasteiger charge is 2.01. The van der Waals surface area contributed by atoms with E-state index in [1.165, 1.54) is 11.3 Å². The van der Waals surface area contributed by atoms with Gasteiger partial charge in [-0.3, -0.25) is 4.79 Å². The molecule has 11 heavy (non-hydrogen) atoms. The van der Waals surface area contributed by atoms with E-state index in [-0.39, 0.29) is 11.8 Å². The number of anilines is 1. The van der Waals surface area contributed by atoms with E-state index >= 15 is 0 Å². The molecule has 0 saturated heterocycles. The van der Waals surface area contributed by atoms with Gasteiger partial charge in [0, 0.05) is 0 Å². The summed E-state index contributed by atoms with van der Waals surface area (Å²) in [7, 11) is 0. The summed E-state index contributed by atoms with van der Waals surface area (Å²) in [4.78, 5) is 10.7. The largest absolute Gasteiger partial charge is 0.317 e. The molecule has 1 aromatic rings. The standard InChI is InChI=1S/C6H5BrClNOS/c7-4-1-2-6(11-4)9-5(10)3-8/h1-2H,3H2,(H,9,10). The molecule has 0 aromatic carbocycles. The molecule has 0 radical (unpaired) electrons. The molecule has 0 saturated carbocycles. The molecule has 0 unspecified atom stereocenters. The summed E-state index contributed by atoms with van der Waals surface area (Å²) in [6.07, 6.45) is 0. The normalized spacial score (nSPS) is 9.64. The highest BCUT2D eigenvalue weighted by molar-refractivity contribution is 9.11. The summed E-state index contributed by atoms with van der Waals surface area (Å²) in [6, 6.07) is 3.69. The maximum atomic E-state index is 10.7. The first-order chi connectivity index (χ1) is 5.22. The van der Waals surface area contributed by atoms with E-state index in [9.17, 15) is 4.79 Å². The maximum Gasteiger partial charge on any atom is 0.239 e. The number of carbonyl (C=O) groups is 1. The molecule has 0 fully saturated rings. The van der Waals surface area contributed by atoms with Crippen LogP contribution in [-0.4, -0.2) is 11.8 Å². The Morgan fingerprint density at radius 2 is 2.45 bits per heavy atom. The van der Waals surface area contributed by atoms with Gasteiger partial charge in [0.25, 0.3) is 0 Å². The van der Waals surface area contributed by atoms with Crippen molar-refractivity contribution < 1.29 is 4.79 Å². The molecular formula is C6H5BrClNOS. The molecule has 2 nitrogen and oxygen atoms in total. The van der Waals surface area contributed by atoms with Crippen LogP contribution < -0.4 is 5.32 Å². The Morgan fingerprint density at radius 3 is 2.91 bits per heavy atom. The zero-order valence-electron chi connectivity index (χ0n) is 5.43. The van der Waals surface area contributed by atoms with E-state index < -0.39 is 0 Å². The fourth-order valence-corrected chi connectivity index (χ4v) is 1.92. The lowest BCUT2D eigenvalue weighted by Gasteiger charge is -1.95. The lowest BCUT2D eigenvalue weighted by molar-refractivity contribution is -0.113. The number of halogens is 2. The molecule has 1 heterocycles. The highest BCUT2D eigenvalue weighted by atomic mass is 79.9. The van der Waals surface area contributed by atoms with E-state index in [1.54, 1.807) is 0 Å². The quantitative estimate of drug-likeness (QED) is 0.808. The molecule has 5 heteroatoms. The van der Waals surface area contributed by atoms with E-state index in [2.05, 4.69) is 21.2 Å². The molecule has 0 aliphatic heterocycles. The average molecular weight is 255 g/mol. The zero-order chi connectivity index (χ0) is 8.27. The smallest absolute Gasteiger partial charge is 0.239 e. The number of hydrogen-bond acceptors (Lipinski definition) is 2. The zero-order valence-corrected chi connectivity index (χ0v) is 8.59. The minimum absolute atomic E-state index is 0.00445. The molecule has 0 aliphatic carbocycles. The van der Waals surface area contributed by atoms with Gasteiger partial charge in [0.15, 0.2) is 0 Å². The van der Waals surface area contributed by atoms with Gasteiger partial charge in [0.1, 0.15) is 5.88 Å². The Balaban J connectivity index is 2.57. The van der Waals surface area contributed by atoms with E-state index in [1.807, 2.05) is 12.1 Å². The number of nitrogens with one attached hydrogen (secondary N) is 1. The van der Waals surface area contributed by atoms with Crippen molar-refractivity contribution >= 4 is 49.8 Å². The highest BCUT2D eigenvalue weighted by Crippen LogP contribution is 2.26. The Hall–Kier alpha value is -0.0600. The van der Waals surface area contributed by atoms with Crippen molar-refractivity contribution in [3.63, 3.8) is 0 Å². The molecular weight excluding hydrogens is 249 g/mol. The van der Waals surface area contributed by atoms with E-state index in [0.29, 0.717) is 0 Å². The van der Waals surface area contributed by atoms with Crippen molar-refractivity contribution in [2.45, 2.75) is 0 Å². The Bertz CT molecular complexity index is 263. The summed E-state index contributed by atoms with van der Waals surface area (Å²) in [5, 5.41) is 3.44. The molecule has 0 spiro atoms. The van der Waals surface area contributed by atoms with Crippen molar-refractivity contribution in [1.82, 2.24) is 0 Å². The number of amides is 1. The van der Waals surface area contributed by atoms with Crippen molar-refractivity contribution in [1.29, 1.82) is 0 Å². The number of thiophene rings is 1. The average Bonchev–Trinajstić information content (AvgIpc) is 2.35. The van der Waals surface area contributed by atoms with Crippen molar-refractivity contribution in [3.05, 3.63) is 15.9 Å². The number of carbonyl (C=O) groups excluding carboxylic acids is 1. The van der Waals surface area contributed by atoms with E-state index in [0.717, 1.165) is 8.79 Å². The SMILES string of the molecule is O=C(CCl)Nc1ccc(Br)s1. The van der Waals surface area contributed by atoms with Crippen LogP contribution in [0.1, 0.15) is 0 Å². The first kappa shape index (κ1) is 9.03. The van der Waals surface area contributed by atoms with Gasteiger partial charge in [-0.25, -0.2) is 0 Å². The minimum Gasteiger partial charge on any atom is -0.317 e. The van der Waals surface area contributed by atoms with Gasteiger partial charge in [-0.2, -0.15) is 0 Å². The fraction of sp³-hybridized carbons (Fsp3) is 0.167. The Labute approximate surface area is 81.7 Å². The Kier molecular flexibility index (Phi) is 3.36. The molecule has 0 aliphatic rings. The van der Waals surface area contributed by atoms with Crippen molar-refractivity contribution in [3.8, 4) is 0 Å². The van der Waals surface area contributed by atoms with Gasteiger partial charge < -0.3 is 5.32 Å². The van der Waals surface area contributed by atoms with Crippen LogP contribution in [0, 0.1) is 0 Å². The van der Waals surface area contributed by atoms with Crippen LogP contribution in [-0.2, 0) is 4.79 Å². The second-order valence-electron chi connectivity index (χ2n) is 1.79. The summed E-state index contributed by atoms with van der Waals surface area (Å²) in [6.45, 7) is 0. The van der Waals surface area contributed by atoms with Gasteiger partial charge in [-0.1, -0.05) is 0 Å². The second-order valence-corrected chi connectivity index (χ2v) is 4.52. The van der Waals surface area contributed by atoms with Crippen LogP contribution in [0.5, 0.6) is 0 Å². The van der Waals surface area contributed by atoms with Crippen LogP contribution in [0.3, 0.4) is 0 Å². The van der Waals surface area contributed by atoms with Crippen LogP contribution in [0.2, 0.25) is 0 Å². The third kappa shape index (κ3) is 2.81. The molecule has 1 rings (SSSR count). The van der Waals surface area contributed by atoms with Gasteiger partial charge in [0.2, 0.25) is 5.91 Å². The summed E-state index contributed by atoms with van der Waals surface area (Å²) in [5.74, 6) is -0.184. The van der Waals surface area contributed by atoms with Crippen LogP contribution in [0.15, 0.2) is 15.9 Å². The van der Waals surface area contributed by atoms with Crippen molar-refractivity contribution in [2.75, 3.05) is 11.2 Å². The predicted molar refractivity (Wildman–Crippen MR) is 51.4 cm³/mol. The van der Waals surface area contributed by atoms with Gasteiger partial charge >= 0.3 is 0 Å². The van der Waals surface area contributed by atoms with Crippen LogP contribution >= 0.6 is 38.9 Å². The molecule has 1 N–H and O–H groups in total. The van der Waals surface area contributed by atoms with Gasteiger partial charge in [-0.05, 0) is 28.1 Å². The minimum atomic E-state index is -0.180. The van der Waals surface area contributed by atoms with E-state index in [4.69, 9.17) is 11.6 Å². The molecule has 0 atom stereocenters. The number of rotatable bonds is 2. The third-order valence-electron chi connectivity index (χ3n) is 0.957. The third-order valence-corrected chi connectivity index (χ3v) is 2.74. The van der Waals surface area contributed by atoms with Crippen LogP contribution in [0.25, 0.3) is 0 Å². The lowest BCUT2D eigenvalue weighted by Crippen LogP contribution is -2.11. The lowest BCUT2D eigenvalue weighted by atomic mass is 10.6. The number of alkyl halides is 1. The molecule has 1 amide bonds. The molecule has 0 bridgehead atoms. The summed E-state index contributed by atoms with van der Waals surface area (Å²) < 4.78 is 0.988. The molecule has 60 valence electrons.